The molecule has 2 aromatic carbocycles. The van der Waals surface area contributed by atoms with Crippen LogP contribution in [-0.4, -0.2) is 16.9 Å². The van der Waals surface area contributed by atoms with Gasteiger partial charge in [0.25, 0.3) is 0 Å². The average molecular weight is 320 g/mol. The standard InChI is InChI=1S/C18H14N2O4/c1-10-4-2-3-5-14(10)20-16-12-8-11(17(21)22)6-7-15(12)19-9-13(16)18(23)24/h2-9H,1H3,(H,19,20)(H,21,22)(H,23,24)/p-2. The number of pyridine rings is 1. The van der Waals surface area contributed by atoms with Gasteiger partial charge in [-0.3, -0.25) is 4.98 Å². The van der Waals surface area contributed by atoms with Gasteiger partial charge in [-0.2, -0.15) is 0 Å². The minimum absolute atomic E-state index is 0.0624. The number of fused-ring (bicyclic) bond motifs is 1. The van der Waals surface area contributed by atoms with E-state index in [0.717, 1.165) is 5.56 Å². The lowest BCUT2D eigenvalue weighted by Crippen LogP contribution is -2.24. The van der Waals surface area contributed by atoms with Crippen molar-refractivity contribution in [1.29, 1.82) is 0 Å². The van der Waals surface area contributed by atoms with Gasteiger partial charge >= 0.3 is 0 Å². The first-order valence-electron chi connectivity index (χ1n) is 7.15. The molecule has 0 aliphatic carbocycles. The van der Waals surface area contributed by atoms with Crippen molar-refractivity contribution in [2.45, 2.75) is 6.92 Å². The van der Waals surface area contributed by atoms with Gasteiger partial charge in [0.05, 0.1) is 23.1 Å². The number of nitrogens with one attached hydrogen (secondary N) is 1. The second-order valence-corrected chi connectivity index (χ2v) is 5.29. The number of carboxylic acid groups (broad SMARTS) is 2. The van der Waals surface area contributed by atoms with Crippen molar-refractivity contribution in [3.63, 3.8) is 0 Å². The van der Waals surface area contributed by atoms with Gasteiger partial charge in [-0.1, -0.05) is 24.3 Å². The lowest BCUT2D eigenvalue weighted by atomic mass is 10.1. The molecule has 1 aromatic heterocycles. The van der Waals surface area contributed by atoms with Gasteiger partial charge < -0.3 is 25.1 Å². The summed E-state index contributed by atoms with van der Waals surface area (Å²) >= 11 is 0. The van der Waals surface area contributed by atoms with E-state index in [1.54, 1.807) is 6.07 Å². The number of hydrogen-bond donors (Lipinski definition) is 1. The molecular weight excluding hydrogens is 308 g/mol. The van der Waals surface area contributed by atoms with Crippen LogP contribution in [-0.2, 0) is 0 Å². The van der Waals surface area contributed by atoms with Crippen LogP contribution in [0.15, 0.2) is 48.7 Å². The Labute approximate surface area is 137 Å². The van der Waals surface area contributed by atoms with Crippen molar-refractivity contribution < 1.29 is 19.8 Å². The highest BCUT2D eigenvalue weighted by molar-refractivity contribution is 6.06. The average Bonchev–Trinajstić information content (AvgIpc) is 2.56. The minimum atomic E-state index is -1.40. The molecule has 6 nitrogen and oxygen atoms in total. The van der Waals surface area contributed by atoms with E-state index >= 15 is 0 Å². The van der Waals surface area contributed by atoms with Crippen LogP contribution in [0, 0.1) is 6.92 Å². The molecule has 1 N–H and O–H groups in total. The van der Waals surface area contributed by atoms with Crippen molar-refractivity contribution in [2.24, 2.45) is 0 Å². The molecule has 0 aliphatic rings. The summed E-state index contributed by atoms with van der Waals surface area (Å²) in [7, 11) is 0. The van der Waals surface area contributed by atoms with Gasteiger partial charge in [-0.05, 0) is 36.2 Å². The number of hydrogen-bond acceptors (Lipinski definition) is 6. The monoisotopic (exact) mass is 320 g/mol. The van der Waals surface area contributed by atoms with E-state index in [1.807, 2.05) is 25.1 Å². The van der Waals surface area contributed by atoms with Crippen LogP contribution in [0.1, 0.15) is 26.3 Å². The third-order valence-electron chi connectivity index (χ3n) is 3.73. The number of nitrogens with zero attached hydrogens (tertiary/aromatic N) is 1. The molecule has 0 saturated heterocycles. The third kappa shape index (κ3) is 2.77. The molecule has 0 bridgehead atoms. The molecule has 0 aliphatic heterocycles. The first-order chi connectivity index (χ1) is 11.5. The van der Waals surface area contributed by atoms with Gasteiger partial charge in [-0.15, -0.1) is 0 Å². The molecule has 0 fully saturated rings. The highest BCUT2D eigenvalue weighted by atomic mass is 16.4. The van der Waals surface area contributed by atoms with E-state index in [-0.39, 0.29) is 16.8 Å². The fourth-order valence-electron chi connectivity index (χ4n) is 2.46. The normalized spacial score (nSPS) is 10.5. The summed E-state index contributed by atoms with van der Waals surface area (Å²) in [5, 5.41) is 26.0. The number of aromatic nitrogens is 1. The predicted octanol–water partition coefficient (Wildman–Crippen LogP) is 1.01. The summed E-state index contributed by atoms with van der Waals surface area (Å²) in [5.74, 6) is -2.75. The molecule has 3 rings (SSSR count). The number of aryl methyl sites for hydroxylation is 1. The fraction of sp³-hybridized carbons (Fsp3) is 0.0556. The molecule has 6 heteroatoms. The summed E-state index contributed by atoms with van der Waals surface area (Å²) in [4.78, 5) is 26.6. The zero-order chi connectivity index (χ0) is 17.3. The Balaban J connectivity index is 2.26. The van der Waals surface area contributed by atoms with Gasteiger partial charge in [0.15, 0.2) is 0 Å². The van der Waals surface area contributed by atoms with Crippen molar-refractivity contribution in [2.75, 3.05) is 5.32 Å². The second kappa shape index (κ2) is 6.00. The van der Waals surface area contributed by atoms with E-state index in [0.29, 0.717) is 16.6 Å². The van der Waals surface area contributed by atoms with Crippen LogP contribution in [0.2, 0.25) is 0 Å². The lowest BCUT2D eigenvalue weighted by molar-refractivity contribution is -0.256. The minimum Gasteiger partial charge on any atom is -0.545 e. The van der Waals surface area contributed by atoms with E-state index < -0.39 is 11.9 Å². The summed E-state index contributed by atoms with van der Waals surface area (Å²) in [5.41, 5.74) is 2.08. The maximum absolute atomic E-state index is 11.4. The van der Waals surface area contributed by atoms with Gasteiger partial charge in [0.1, 0.15) is 0 Å². The third-order valence-corrected chi connectivity index (χ3v) is 3.73. The molecule has 0 saturated carbocycles. The van der Waals surface area contributed by atoms with E-state index in [4.69, 9.17) is 0 Å². The smallest absolute Gasteiger partial charge is 0.0752 e. The second-order valence-electron chi connectivity index (χ2n) is 5.29. The van der Waals surface area contributed by atoms with Crippen LogP contribution in [0.4, 0.5) is 11.4 Å². The van der Waals surface area contributed by atoms with Crippen LogP contribution in [0.25, 0.3) is 10.9 Å². The number of carbonyl (C=O) groups is 2. The Morgan fingerprint density at radius 3 is 2.46 bits per heavy atom. The van der Waals surface area contributed by atoms with Crippen LogP contribution >= 0.6 is 0 Å². The Morgan fingerprint density at radius 2 is 1.79 bits per heavy atom. The Morgan fingerprint density at radius 1 is 1.04 bits per heavy atom. The van der Waals surface area contributed by atoms with E-state index in [1.165, 1.54) is 24.4 Å². The zero-order valence-electron chi connectivity index (χ0n) is 12.7. The maximum Gasteiger partial charge on any atom is 0.0752 e. The number of carbonyl (C=O) groups excluding carboxylic acids is 2. The quantitative estimate of drug-likeness (QED) is 0.769. The number of para-hydroxylation sites is 1. The molecule has 0 radical (unpaired) electrons. The summed E-state index contributed by atoms with van der Waals surface area (Å²) < 4.78 is 0. The molecule has 0 spiro atoms. The van der Waals surface area contributed by atoms with Crippen molar-refractivity contribution >= 4 is 34.2 Å². The number of rotatable bonds is 4. The van der Waals surface area contributed by atoms with E-state index in [9.17, 15) is 19.8 Å². The number of anilines is 2. The lowest BCUT2D eigenvalue weighted by Gasteiger charge is -2.17. The topological polar surface area (TPSA) is 105 Å². The first-order valence-corrected chi connectivity index (χ1v) is 7.15. The Hall–Kier alpha value is -3.41. The number of carboxylic acids is 2. The van der Waals surface area contributed by atoms with E-state index in [2.05, 4.69) is 10.3 Å². The molecule has 24 heavy (non-hydrogen) atoms. The maximum atomic E-state index is 11.4. The SMILES string of the molecule is Cc1ccccc1Nc1c(C(=O)[O-])cnc2ccc(C(=O)[O-])cc12. The summed E-state index contributed by atoms with van der Waals surface area (Å²) in [6, 6.07) is 11.5. The number of aromatic carboxylic acids is 2. The highest BCUT2D eigenvalue weighted by Gasteiger charge is 2.12. The van der Waals surface area contributed by atoms with Crippen LogP contribution in [0.3, 0.4) is 0 Å². The van der Waals surface area contributed by atoms with Crippen LogP contribution < -0.4 is 15.5 Å². The molecule has 0 unspecified atom stereocenters. The summed E-state index contributed by atoms with van der Waals surface area (Å²) in [6.45, 7) is 1.87. The Bertz CT molecular complexity index is 961. The molecule has 0 amide bonds. The van der Waals surface area contributed by atoms with Gasteiger partial charge in [0.2, 0.25) is 0 Å². The van der Waals surface area contributed by atoms with Crippen LogP contribution in [0.5, 0.6) is 0 Å². The van der Waals surface area contributed by atoms with Crippen molar-refractivity contribution in [3.05, 3.63) is 65.4 Å². The molecular formula is C18H12N2O4-2. The van der Waals surface area contributed by atoms with Gasteiger partial charge in [0, 0.05) is 22.8 Å². The van der Waals surface area contributed by atoms with Gasteiger partial charge in [-0.25, -0.2) is 0 Å². The highest BCUT2D eigenvalue weighted by Crippen LogP contribution is 2.30. The Kier molecular flexibility index (Phi) is 3.87. The fourth-order valence-corrected chi connectivity index (χ4v) is 2.46. The van der Waals surface area contributed by atoms with Crippen molar-refractivity contribution in [3.8, 4) is 0 Å². The first kappa shape index (κ1) is 15.5. The molecule has 3 aromatic rings. The summed E-state index contributed by atoms with van der Waals surface area (Å²) in [6.07, 6.45) is 1.19. The molecule has 120 valence electrons. The number of benzene rings is 2. The zero-order valence-corrected chi connectivity index (χ0v) is 12.7. The molecule has 0 atom stereocenters. The molecule has 1 heterocycles. The largest absolute Gasteiger partial charge is 0.545 e. The predicted molar refractivity (Wildman–Crippen MR) is 84.9 cm³/mol. The van der Waals surface area contributed by atoms with Crippen molar-refractivity contribution in [1.82, 2.24) is 4.98 Å².